The Bertz CT molecular complexity index is 1370. The summed E-state index contributed by atoms with van der Waals surface area (Å²) in [6, 6.07) is 13.0. The van der Waals surface area contributed by atoms with Gasteiger partial charge in [-0.05, 0) is 60.7 Å². The summed E-state index contributed by atoms with van der Waals surface area (Å²) in [4.78, 5) is 11.4. The van der Waals surface area contributed by atoms with Gasteiger partial charge < -0.3 is 15.4 Å². The number of hydrogen-bond acceptors (Lipinski definition) is 8. The van der Waals surface area contributed by atoms with Crippen LogP contribution in [0.15, 0.2) is 53.6 Å². The van der Waals surface area contributed by atoms with Gasteiger partial charge in [0.1, 0.15) is 9.92 Å². The Morgan fingerprint density at radius 2 is 1.89 bits per heavy atom. The van der Waals surface area contributed by atoms with Crippen molar-refractivity contribution in [2.75, 3.05) is 51.0 Å². The third kappa shape index (κ3) is 5.05. The van der Waals surface area contributed by atoms with Crippen LogP contribution in [-0.4, -0.2) is 63.7 Å². The predicted molar refractivity (Wildman–Crippen MR) is 141 cm³/mol. The van der Waals surface area contributed by atoms with Crippen LogP contribution in [0.25, 0.3) is 0 Å². The Hall–Kier alpha value is -2.76. The molecule has 1 saturated heterocycles. The number of aromatic nitrogens is 2. The number of hydrogen-bond donors (Lipinski definition) is 3. The third-order valence-corrected chi connectivity index (χ3v) is 8.55. The van der Waals surface area contributed by atoms with Gasteiger partial charge in [-0.1, -0.05) is 29.8 Å². The Kier molecular flexibility index (Phi) is 7.14. The molecule has 1 fully saturated rings. The van der Waals surface area contributed by atoms with Gasteiger partial charge in [0.05, 0.1) is 18.5 Å². The van der Waals surface area contributed by atoms with Crippen LogP contribution in [-0.2, 0) is 14.8 Å². The molecule has 0 saturated carbocycles. The zero-order chi connectivity index (χ0) is 25.3. The molecule has 2 atom stereocenters. The Morgan fingerprint density at radius 3 is 2.67 bits per heavy atom. The molecule has 2 heterocycles. The van der Waals surface area contributed by atoms with Crippen LogP contribution in [0.2, 0.25) is 5.02 Å². The van der Waals surface area contributed by atoms with Gasteiger partial charge in [-0.25, -0.2) is 18.1 Å². The topological polar surface area (TPSA) is 108 Å². The second-order valence-corrected chi connectivity index (χ2v) is 11.3. The standard InChI is InChI=1S/C25H29ClN6O3S/c1-27-36(33,34)23-6-4-3-5-22(23)30-24-21(26)13-28-25(31-24)29-18-7-8-19-16-11-17(20(19)12-18)15-32(14-16)9-10-35-2/h3-8,12-13,16-17,27H,9-11,14-15H2,1-2H3,(H2,28,29,30,31). The molecule has 1 aliphatic carbocycles. The molecule has 1 aromatic heterocycles. The molecule has 2 aliphatic rings. The van der Waals surface area contributed by atoms with Crippen LogP contribution < -0.4 is 15.4 Å². The Balaban J connectivity index is 1.36. The number of methoxy groups -OCH3 is 1. The van der Waals surface area contributed by atoms with Crippen LogP contribution in [0.4, 0.5) is 23.1 Å². The van der Waals surface area contributed by atoms with E-state index in [1.165, 1.54) is 36.9 Å². The SMILES string of the molecule is CNS(=O)(=O)c1ccccc1Nc1nc(Nc2ccc3c(c2)C2CC3CN(CCOC)C2)ncc1Cl. The van der Waals surface area contributed by atoms with Crippen molar-refractivity contribution in [3.8, 4) is 0 Å². The van der Waals surface area contributed by atoms with Crippen molar-refractivity contribution in [2.24, 2.45) is 0 Å². The smallest absolute Gasteiger partial charge is 0.242 e. The van der Waals surface area contributed by atoms with E-state index < -0.39 is 10.0 Å². The third-order valence-electron chi connectivity index (χ3n) is 6.80. The van der Waals surface area contributed by atoms with E-state index in [9.17, 15) is 8.42 Å². The van der Waals surface area contributed by atoms with E-state index in [1.807, 2.05) is 0 Å². The summed E-state index contributed by atoms with van der Waals surface area (Å²) >= 11 is 6.34. The zero-order valence-electron chi connectivity index (χ0n) is 20.2. The number of likely N-dealkylation sites (tertiary alicyclic amines) is 1. The quantitative estimate of drug-likeness (QED) is 0.381. The number of nitrogens with one attached hydrogen (secondary N) is 3. The minimum Gasteiger partial charge on any atom is -0.383 e. The fourth-order valence-electron chi connectivity index (χ4n) is 5.11. The number of anilines is 4. The summed E-state index contributed by atoms with van der Waals surface area (Å²) < 4.78 is 32.4. The normalized spacial score (nSPS) is 19.2. The van der Waals surface area contributed by atoms with Gasteiger partial charge in [0.25, 0.3) is 0 Å². The Labute approximate surface area is 216 Å². The maximum atomic E-state index is 12.4. The highest BCUT2D eigenvalue weighted by molar-refractivity contribution is 7.89. The highest BCUT2D eigenvalue weighted by Gasteiger charge is 2.37. The fourth-order valence-corrected chi connectivity index (χ4v) is 6.13. The van der Waals surface area contributed by atoms with Crippen molar-refractivity contribution >= 4 is 44.8 Å². The summed E-state index contributed by atoms with van der Waals surface area (Å²) in [6.07, 6.45) is 2.67. The molecule has 2 aromatic carbocycles. The van der Waals surface area contributed by atoms with Crippen molar-refractivity contribution in [1.82, 2.24) is 19.6 Å². The van der Waals surface area contributed by atoms with Crippen LogP contribution in [0, 0.1) is 0 Å². The number of fused-ring (bicyclic) bond motifs is 5. The average Bonchev–Trinajstić information content (AvgIpc) is 3.14. The number of ether oxygens (including phenoxy) is 1. The highest BCUT2D eigenvalue weighted by Crippen LogP contribution is 2.46. The van der Waals surface area contributed by atoms with Crippen LogP contribution in [0.1, 0.15) is 29.4 Å². The number of benzene rings is 2. The molecule has 11 heteroatoms. The van der Waals surface area contributed by atoms with Gasteiger partial charge >= 0.3 is 0 Å². The van der Waals surface area contributed by atoms with E-state index in [-0.39, 0.29) is 9.92 Å². The van der Waals surface area contributed by atoms with Crippen molar-refractivity contribution < 1.29 is 13.2 Å². The summed E-state index contributed by atoms with van der Waals surface area (Å²) in [7, 11) is -0.555. The monoisotopic (exact) mass is 528 g/mol. The van der Waals surface area contributed by atoms with Crippen LogP contribution >= 0.6 is 11.6 Å². The summed E-state index contributed by atoms with van der Waals surface area (Å²) in [5.74, 6) is 1.73. The molecule has 5 rings (SSSR count). The molecular formula is C25H29ClN6O3S. The first kappa shape index (κ1) is 24.9. The number of piperidine rings is 1. The number of sulfonamides is 1. The average molecular weight is 529 g/mol. The van der Waals surface area contributed by atoms with Crippen molar-refractivity contribution in [2.45, 2.75) is 23.2 Å². The zero-order valence-corrected chi connectivity index (χ0v) is 21.7. The second-order valence-electron chi connectivity index (χ2n) is 9.07. The van der Waals surface area contributed by atoms with E-state index in [0.717, 1.165) is 31.9 Å². The van der Waals surface area contributed by atoms with E-state index >= 15 is 0 Å². The first-order valence-electron chi connectivity index (χ1n) is 11.8. The van der Waals surface area contributed by atoms with Gasteiger partial charge in [0, 0.05) is 32.4 Å². The number of nitrogens with zero attached hydrogens (tertiary/aromatic N) is 3. The molecule has 3 aromatic rings. The van der Waals surface area contributed by atoms with E-state index in [0.29, 0.717) is 29.3 Å². The second kappa shape index (κ2) is 10.3. The molecule has 0 spiro atoms. The first-order chi connectivity index (χ1) is 17.4. The van der Waals surface area contributed by atoms with Gasteiger partial charge in [-0.15, -0.1) is 0 Å². The van der Waals surface area contributed by atoms with E-state index in [2.05, 4.69) is 48.4 Å². The van der Waals surface area contributed by atoms with Crippen LogP contribution in [0.5, 0.6) is 0 Å². The predicted octanol–water partition coefficient (Wildman–Crippen LogP) is 4.06. The van der Waals surface area contributed by atoms with Gasteiger partial charge in [0.2, 0.25) is 16.0 Å². The minimum atomic E-state index is -3.67. The molecule has 0 radical (unpaired) electrons. The minimum absolute atomic E-state index is 0.0981. The van der Waals surface area contributed by atoms with Gasteiger partial charge in [-0.2, -0.15) is 4.98 Å². The lowest BCUT2D eigenvalue weighted by Gasteiger charge is -2.31. The molecule has 0 amide bonds. The maximum Gasteiger partial charge on any atom is 0.242 e. The molecule has 190 valence electrons. The molecule has 3 N–H and O–H groups in total. The highest BCUT2D eigenvalue weighted by atomic mass is 35.5. The first-order valence-corrected chi connectivity index (χ1v) is 13.7. The lowest BCUT2D eigenvalue weighted by atomic mass is 9.96. The lowest BCUT2D eigenvalue weighted by Crippen LogP contribution is -2.37. The Morgan fingerprint density at radius 1 is 1.11 bits per heavy atom. The fraction of sp³-hybridized carbons (Fsp3) is 0.360. The molecule has 9 nitrogen and oxygen atoms in total. The number of rotatable bonds is 9. The molecular weight excluding hydrogens is 500 g/mol. The molecule has 36 heavy (non-hydrogen) atoms. The molecule has 2 bridgehead atoms. The van der Waals surface area contributed by atoms with Crippen LogP contribution in [0.3, 0.4) is 0 Å². The largest absolute Gasteiger partial charge is 0.383 e. The van der Waals surface area contributed by atoms with E-state index in [1.54, 1.807) is 25.3 Å². The summed E-state index contributed by atoms with van der Waals surface area (Å²) in [5, 5.41) is 6.60. The summed E-state index contributed by atoms with van der Waals surface area (Å²) in [5.41, 5.74) is 4.06. The number of para-hydroxylation sites is 1. The van der Waals surface area contributed by atoms with Gasteiger partial charge in [-0.3, -0.25) is 4.90 Å². The number of halogens is 1. The summed E-state index contributed by atoms with van der Waals surface area (Å²) in [6.45, 7) is 3.81. The molecule has 1 aliphatic heterocycles. The maximum absolute atomic E-state index is 12.4. The van der Waals surface area contributed by atoms with E-state index in [4.69, 9.17) is 16.3 Å². The van der Waals surface area contributed by atoms with Crippen molar-refractivity contribution in [1.29, 1.82) is 0 Å². The van der Waals surface area contributed by atoms with Crippen molar-refractivity contribution in [3.63, 3.8) is 0 Å². The lowest BCUT2D eigenvalue weighted by molar-refractivity contribution is 0.126. The van der Waals surface area contributed by atoms with Gasteiger partial charge in [0.15, 0.2) is 5.82 Å². The molecule has 2 unspecified atom stereocenters. The van der Waals surface area contributed by atoms with Crippen molar-refractivity contribution in [3.05, 3.63) is 64.8 Å².